The van der Waals surface area contributed by atoms with Crippen LogP contribution in [0.2, 0.25) is 0 Å². The standard InChI is InChI=1S/C8H19O2S/c1-4-11(7-5-9-2)8-6-10-3/h4-8H2,1-3H3/q+1. The van der Waals surface area contributed by atoms with E-state index in [4.69, 9.17) is 9.47 Å². The second kappa shape index (κ2) is 8.37. The Kier molecular flexibility index (Phi) is 8.57. The topological polar surface area (TPSA) is 18.5 Å². The minimum atomic E-state index is 0.519. The quantitative estimate of drug-likeness (QED) is 0.541. The summed E-state index contributed by atoms with van der Waals surface area (Å²) in [6.45, 7) is 4.01. The van der Waals surface area contributed by atoms with Crippen molar-refractivity contribution in [3.63, 3.8) is 0 Å². The van der Waals surface area contributed by atoms with Gasteiger partial charge in [-0.1, -0.05) is 0 Å². The van der Waals surface area contributed by atoms with Crippen molar-refractivity contribution in [2.24, 2.45) is 0 Å². The molecule has 2 nitrogen and oxygen atoms in total. The summed E-state index contributed by atoms with van der Waals surface area (Å²) in [6.07, 6.45) is 0. The van der Waals surface area contributed by atoms with E-state index >= 15 is 0 Å². The fraction of sp³-hybridized carbons (Fsp3) is 1.00. The molecule has 11 heavy (non-hydrogen) atoms. The first-order chi connectivity index (χ1) is 5.35. The zero-order chi connectivity index (χ0) is 8.53. The summed E-state index contributed by atoms with van der Waals surface area (Å²) >= 11 is 0. The van der Waals surface area contributed by atoms with Crippen molar-refractivity contribution in [3.8, 4) is 0 Å². The largest absolute Gasteiger partial charge is 0.380 e. The van der Waals surface area contributed by atoms with Crippen LogP contribution in [0, 0.1) is 0 Å². The van der Waals surface area contributed by atoms with Gasteiger partial charge >= 0.3 is 0 Å². The highest BCUT2D eigenvalue weighted by molar-refractivity contribution is 7.96. The van der Waals surface area contributed by atoms with E-state index in [1.807, 2.05) is 0 Å². The smallest absolute Gasteiger partial charge is 0.131 e. The van der Waals surface area contributed by atoms with E-state index in [2.05, 4.69) is 6.92 Å². The van der Waals surface area contributed by atoms with Crippen molar-refractivity contribution < 1.29 is 9.47 Å². The van der Waals surface area contributed by atoms with Crippen molar-refractivity contribution in [2.45, 2.75) is 6.92 Å². The molecule has 0 aliphatic rings. The molecule has 0 aromatic carbocycles. The van der Waals surface area contributed by atoms with E-state index in [1.165, 1.54) is 17.3 Å². The van der Waals surface area contributed by atoms with E-state index in [9.17, 15) is 0 Å². The van der Waals surface area contributed by atoms with Crippen LogP contribution in [-0.4, -0.2) is 44.7 Å². The molecule has 0 unspecified atom stereocenters. The third-order valence-electron chi connectivity index (χ3n) is 1.56. The normalized spacial score (nSPS) is 10.9. The van der Waals surface area contributed by atoms with Gasteiger partial charge in [0.25, 0.3) is 0 Å². The SMILES string of the molecule is CC[S+](CCOC)CCOC. The number of rotatable bonds is 7. The maximum atomic E-state index is 5.02. The van der Waals surface area contributed by atoms with Gasteiger partial charge in [0.15, 0.2) is 0 Å². The highest BCUT2D eigenvalue weighted by Crippen LogP contribution is 1.96. The summed E-state index contributed by atoms with van der Waals surface area (Å²) < 4.78 is 10.0. The van der Waals surface area contributed by atoms with E-state index in [-0.39, 0.29) is 0 Å². The Morgan fingerprint density at radius 3 is 1.73 bits per heavy atom. The van der Waals surface area contributed by atoms with Crippen LogP contribution in [0.15, 0.2) is 0 Å². The zero-order valence-electron chi connectivity index (χ0n) is 7.76. The van der Waals surface area contributed by atoms with E-state index in [0.29, 0.717) is 10.9 Å². The van der Waals surface area contributed by atoms with Crippen LogP contribution < -0.4 is 0 Å². The molecule has 3 heteroatoms. The Balaban J connectivity index is 3.25. The Hall–Kier alpha value is 0.270. The first kappa shape index (κ1) is 11.3. The van der Waals surface area contributed by atoms with Gasteiger partial charge in [-0.2, -0.15) is 0 Å². The van der Waals surface area contributed by atoms with Crippen molar-refractivity contribution in [1.29, 1.82) is 0 Å². The fourth-order valence-corrected chi connectivity index (χ4v) is 2.38. The summed E-state index contributed by atoms with van der Waals surface area (Å²) in [5.41, 5.74) is 0. The molecular weight excluding hydrogens is 160 g/mol. The number of hydrogen-bond donors (Lipinski definition) is 0. The highest BCUT2D eigenvalue weighted by atomic mass is 32.2. The van der Waals surface area contributed by atoms with Gasteiger partial charge in [0.05, 0.1) is 13.2 Å². The Labute approximate surface area is 72.6 Å². The van der Waals surface area contributed by atoms with Gasteiger partial charge in [-0.3, -0.25) is 0 Å². The Morgan fingerprint density at radius 1 is 1.00 bits per heavy atom. The van der Waals surface area contributed by atoms with E-state index in [1.54, 1.807) is 14.2 Å². The van der Waals surface area contributed by atoms with Gasteiger partial charge < -0.3 is 9.47 Å². The van der Waals surface area contributed by atoms with E-state index in [0.717, 1.165) is 13.2 Å². The number of ether oxygens (including phenoxy) is 2. The molecule has 0 fully saturated rings. The van der Waals surface area contributed by atoms with Crippen LogP contribution in [0.3, 0.4) is 0 Å². The van der Waals surface area contributed by atoms with Gasteiger partial charge in [0.2, 0.25) is 0 Å². The molecule has 0 aliphatic heterocycles. The van der Waals surface area contributed by atoms with Crippen LogP contribution in [0.25, 0.3) is 0 Å². The van der Waals surface area contributed by atoms with Crippen LogP contribution in [0.5, 0.6) is 0 Å². The second-order valence-corrected chi connectivity index (χ2v) is 4.91. The lowest BCUT2D eigenvalue weighted by molar-refractivity contribution is 0.214. The first-order valence-electron chi connectivity index (χ1n) is 3.97. The number of methoxy groups -OCH3 is 2. The van der Waals surface area contributed by atoms with Gasteiger partial charge in [-0.25, -0.2) is 0 Å². The van der Waals surface area contributed by atoms with Crippen molar-refractivity contribution in [2.75, 3.05) is 44.7 Å². The molecule has 0 spiro atoms. The monoisotopic (exact) mass is 179 g/mol. The average Bonchev–Trinajstić information content (AvgIpc) is 2.05. The third-order valence-corrected chi connectivity index (χ3v) is 3.87. The lowest BCUT2D eigenvalue weighted by atomic mass is 10.8. The molecule has 0 heterocycles. The van der Waals surface area contributed by atoms with Crippen LogP contribution >= 0.6 is 0 Å². The summed E-state index contributed by atoms with van der Waals surface area (Å²) in [4.78, 5) is 0. The van der Waals surface area contributed by atoms with Crippen LogP contribution in [0.4, 0.5) is 0 Å². The predicted molar refractivity (Wildman–Crippen MR) is 51.4 cm³/mol. The Bertz CT molecular complexity index is 70.5. The summed E-state index contributed by atoms with van der Waals surface area (Å²) in [7, 11) is 4.03. The summed E-state index contributed by atoms with van der Waals surface area (Å²) in [5.74, 6) is 3.64. The highest BCUT2D eigenvalue weighted by Gasteiger charge is 2.13. The molecular formula is C8H19O2S+. The first-order valence-corrected chi connectivity index (χ1v) is 5.70. The van der Waals surface area contributed by atoms with E-state index < -0.39 is 0 Å². The molecule has 0 atom stereocenters. The van der Waals surface area contributed by atoms with Gasteiger partial charge in [0.1, 0.15) is 17.3 Å². The molecule has 0 radical (unpaired) electrons. The Morgan fingerprint density at radius 2 is 1.45 bits per heavy atom. The molecule has 0 N–H and O–H groups in total. The number of hydrogen-bond acceptors (Lipinski definition) is 2. The lowest BCUT2D eigenvalue weighted by Crippen LogP contribution is -2.20. The molecule has 0 saturated carbocycles. The maximum absolute atomic E-state index is 5.02. The van der Waals surface area contributed by atoms with Crippen molar-refractivity contribution in [3.05, 3.63) is 0 Å². The van der Waals surface area contributed by atoms with Crippen molar-refractivity contribution >= 4 is 10.9 Å². The van der Waals surface area contributed by atoms with Crippen LogP contribution in [0.1, 0.15) is 6.92 Å². The summed E-state index contributed by atoms with van der Waals surface area (Å²) in [6, 6.07) is 0. The fourth-order valence-electron chi connectivity index (χ4n) is 0.793. The molecule has 0 saturated heterocycles. The molecule has 0 aliphatic carbocycles. The molecule has 0 aromatic heterocycles. The second-order valence-electron chi connectivity index (χ2n) is 2.29. The zero-order valence-corrected chi connectivity index (χ0v) is 8.58. The van der Waals surface area contributed by atoms with Gasteiger partial charge in [-0.05, 0) is 17.8 Å². The molecule has 68 valence electrons. The van der Waals surface area contributed by atoms with Crippen LogP contribution in [-0.2, 0) is 20.4 Å². The minimum absolute atomic E-state index is 0.519. The molecule has 0 rings (SSSR count). The molecule has 0 aromatic rings. The third kappa shape index (κ3) is 6.66. The van der Waals surface area contributed by atoms with Gasteiger partial charge in [-0.15, -0.1) is 0 Å². The summed E-state index contributed by atoms with van der Waals surface area (Å²) in [5, 5.41) is 0. The molecule has 0 bridgehead atoms. The maximum Gasteiger partial charge on any atom is 0.131 e. The van der Waals surface area contributed by atoms with Gasteiger partial charge in [0, 0.05) is 14.2 Å². The predicted octanol–water partition coefficient (Wildman–Crippen LogP) is 0.917. The molecule has 0 amide bonds. The minimum Gasteiger partial charge on any atom is -0.380 e. The average molecular weight is 179 g/mol. The lowest BCUT2D eigenvalue weighted by Gasteiger charge is -2.04. The van der Waals surface area contributed by atoms with Crippen molar-refractivity contribution in [1.82, 2.24) is 0 Å².